The molecular formula is C13H22N2O2. The van der Waals surface area contributed by atoms with Gasteiger partial charge in [0.05, 0.1) is 0 Å². The van der Waals surface area contributed by atoms with Gasteiger partial charge in [-0.3, -0.25) is 9.48 Å². The van der Waals surface area contributed by atoms with Gasteiger partial charge in [0.1, 0.15) is 11.3 Å². The van der Waals surface area contributed by atoms with Crippen LogP contribution < -0.4 is 0 Å². The van der Waals surface area contributed by atoms with Gasteiger partial charge in [0.15, 0.2) is 0 Å². The van der Waals surface area contributed by atoms with Crippen molar-refractivity contribution in [1.29, 1.82) is 0 Å². The van der Waals surface area contributed by atoms with E-state index in [-0.39, 0.29) is 5.78 Å². The maximum atomic E-state index is 12.6. The second kappa shape index (κ2) is 5.96. The molecule has 0 N–H and O–H groups in total. The first-order valence-corrected chi connectivity index (χ1v) is 6.35. The van der Waals surface area contributed by atoms with Gasteiger partial charge in [0.2, 0.25) is 5.78 Å². The Morgan fingerprint density at radius 3 is 2.47 bits per heavy atom. The molecule has 0 radical (unpaired) electrons. The number of aromatic nitrogens is 2. The van der Waals surface area contributed by atoms with Crippen molar-refractivity contribution in [2.24, 2.45) is 0 Å². The van der Waals surface area contributed by atoms with E-state index in [2.05, 4.69) is 5.10 Å². The number of rotatable bonds is 7. The first-order valence-electron chi connectivity index (χ1n) is 6.35. The van der Waals surface area contributed by atoms with Crippen molar-refractivity contribution in [1.82, 2.24) is 9.78 Å². The highest BCUT2D eigenvalue weighted by Crippen LogP contribution is 2.25. The quantitative estimate of drug-likeness (QED) is 0.686. The zero-order chi connectivity index (χ0) is 12.9. The van der Waals surface area contributed by atoms with Crippen LogP contribution in [0.3, 0.4) is 0 Å². The molecule has 0 aliphatic heterocycles. The average Bonchev–Trinajstić information content (AvgIpc) is 2.83. The second-order valence-electron chi connectivity index (χ2n) is 4.00. The molecule has 0 saturated heterocycles. The zero-order valence-corrected chi connectivity index (χ0v) is 11.2. The van der Waals surface area contributed by atoms with Crippen LogP contribution in [0.2, 0.25) is 0 Å². The summed E-state index contributed by atoms with van der Waals surface area (Å²) in [7, 11) is 0. The van der Waals surface area contributed by atoms with E-state index < -0.39 is 5.60 Å². The summed E-state index contributed by atoms with van der Waals surface area (Å²) in [6.07, 6.45) is 3.04. The predicted octanol–water partition coefficient (Wildman–Crippen LogP) is 2.68. The van der Waals surface area contributed by atoms with E-state index in [9.17, 15) is 4.79 Å². The van der Waals surface area contributed by atoms with Gasteiger partial charge in [-0.25, -0.2) is 0 Å². The number of ether oxygens (including phenoxy) is 1. The third kappa shape index (κ3) is 2.57. The largest absolute Gasteiger partial charge is 0.367 e. The summed E-state index contributed by atoms with van der Waals surface area (Å²) in [6, 6.07) is 1.77. The Bertz CT molecular complexity index is 367. The Morgan fingerprint density at radius 2 is 2.00 bits per heavy atom. The van der Waals surface area contributed by atoms with Crippen LogP contribution in [0, 0.1) is 0 Å². The molecule has 0 aromatic carbocycles. The normalized spacial score (nSPS) is 11.8. The van der Waals surface area contributed by atoms with Crippen LogP contribution in [0.25, 0.3) is 0 Å². The molecule has 0 aliphatic carbocycles. The molecule has 1 rings (SSSR count). The fourth-order valence-electron chi connectivity index (χ4n) is 2.13. The number of Topliss-reactive ketones (excluding diaryl/α,β-unsaturated/α-hetero) is 1. The standard InChI is InChI=1S/C13H22N2O2/c1-5-13(6-2,17-8-4)12(16)11-9-10-14-15(11)7-3/h9-10H,5-8H2,1-4H3. The molecule has 0 atom stereocenters. The average molecular weight is 238 g/mol. The van der Waals surface area contributed by atoms with Crippen LogP contribution in [-0.2, 0) is 11.3 Å². The van der Waals surface area contributed by atoms with Gasteiger partial charge in [-0.15, -0.1) is 0 Å². The maximum absolute atomic E-state index is 12.6. The minimum atomic E-state index is -0.693. The van der Waals surface area contributed by atoms with E-state index in [1.165, 1.54) is 0 Å². The monoisotopic (exact) mass is 238 g/mol. The van der Waals surface area contributed by atoms with Crippen LogP contribution in [0.1, 0.15) is 51.0 Å². The molecule has 1 heterocycles. The third-order valence-electron chi connectivity index (χ3n) is 3.23. The fourth-order valence-corrected chi connectivity index (χ4v) is 2.13. The molecule has 0 fully saturated rings. The summed E-state index contributed by atoms with van der Waals surface area (Å²) in [5.74, 6) is 0.0451. The Labute approximate surface area is 103 Å². The first-order chi connectivity index (χ1) is 8.15. The summed E-state index contributed by atoms with van der Waals surface area (Å²) in [4.78, 5) is 12.6. The van der Waals surface area contributed by atoms with Gasteiger partial charge >= 0.3 is 0 Å². The fraction of sp³-hybridized carbons (Fsp3) is 0.692. The van der Waals surface area contributed by atoms with E-state index in [0.29, 0.717) is 31.7 Å². The van der Waals surface area contributed by atoms with Crippen LogP contribution >= 0.6 is 0 Å². The SMILES string of the molecule is CCOC(CC)(CC)C(=O)c1ccnn1CC. The lowest BCUT2D eigenvalue weighted by Crippen LogP contribution is -2.41. The molecule has 0 saturated carbocycles. The lowest BCUT2D eigenvalue weighted by Gasteiger charge is -2.29. The molecule has 1 aromatic heterocycles. The molecule has 4 nitrogen and oxygen atoms in total. The highest BCUT2D eigenvalue weighted by molar-refractivity contribution is 6.01. The zero-order valence-electron chi connectivity index (χ0n) is 11.2. The highest BCUT2D eigenvalue weighted by Gasteiger charge is 2.37. The summed E-state index contributed by atoms with van der Waals surface area (Å²) in [5.41, 5.74) is -0.0496. The van der Waals surface area contributed by atoms with Crippen molar-refractivity contribution >= 4 is 5.78 Å². The van der Waals surface area contributed by atoms with Crippen LogP contribution in [0.5, 0.6) is 0 Å². The summed E-state index contributed by atoms with van der Waals surface area (Å²) in [6.45, 7) is 9.12. The Hall–Kier alpha value is -1.16. The van der Waals surface area contributed by atoms with E-state index in [1.807, 2.05) is 27.7 Å². The van der Waals surface area contributed by atoms with Crippen molar-refractivity contribution in [3.05, 3.63) is 18.0 Å². The minimum Gasteiger partial charge on any atom is -0.367 e. The van der Waals surface area contributed by atoms with Crippen molar-refractivity contribution in [3.8, 4) is 0 Å². The lowest BCUT2D eigenvalue weighted by molar-refractivity contribution is -0.0257. The number of aryl methyl sites for hydroxylation is 1. The molecule has 0 amide bonds. The number of carbonyl (C=O) groups is 1. The topological polar surface area (TPSA) is 44.1 Å². The number of ketones is 1. The first kappa shape index (κ1) is 13.9. The lowest BCUT2D eigenvalue weighted by atomic mass is 9.90. The van der Waals surface area contributed by atoms with Gasteiger partial charge in [0.25, 0.3) is 0 Å². The molecular weight excluding hydrogens is 216 g/mol. The Morgan fingerprint density at radius 1 is 1.35 bits per heavy atom. The predicted molar refractivity (Wildman–Crippen MR) is 67.2 cm³/mol. The Balaban J connectivity index is 3.07. The number of nitrogens with zero attached hydrogens (tertiary/aromatic N) is 2. The second-order valence-corrected chi connectivity index (χ2v) is 4.00. The van der Waals surface area contributed by atoms with Crippen molar-refractivity contribution in [2.45, 2.75) is 52.7 Å². The van der Waals surface area contributed by atoms with E-state index >= 15 is 0 Å². The van der Waals surface area contributed by atoms with Crippen LogP contribution in [-0.4, -0.2) is 27.8 Å². The minimum absolute atomic E-state index is 0.0451. The van der Waals surface area contributed by atoms with Crippen molar-refractivity contribution < 1.29 is 9.53 Å². The summed E-state index contributed by atoms with van der Waals surface area (Å²) in [5, 5.41) is 4.14. The number of carbonyl (C=O) groups excluding carboxylic acids is 1. The molecule has 4 heteroatoms. The maximum Gasteiger partial charge on any atom is 0.212 e. The molecule has 17 heavy (non-hydrogen) atoms. The number of hydrogen-bond donors (Lipinski definition) is 0. The van der Waals surface area contributed by atoms with Gasteiger partial charge in [-0.05, 0) is 32.8 Å². The molecule has 0 unspecified atom stereocenters. The molecule has 0 aliphatic rings. The van der Waals surface area contributed by atoms with E-state index in [0.717, 1.165) is 0 Å². The van der Waals surface area contributed by atoms with E-state index in [4.69, 9.17) is 4.74 Å². The smallest absolute Gasteiger partial charge is 0.212 e. The van der Waals surface area contributed by atoms with Crippen molar-refractivity contribution in [2.75, 3.05) is 6.61 Å². The van der Waals surface area contributed by atoms with Gasteiger partial charge in [-0.2, -0.15) is 5.10 Å². The van der Waals surface area contributed by atoms with Crippen LogP contribution in [0.4, 0.5) is 0 Å². The van der Waals surface area contributed by atoms with Gasteiger partial charge < -0.3 is 4.74 Å². The van der Waals surface area contributed by atoms with Crippen molar-refractivity contribution in [3.63, 3.8) is 0 Å². The Kier molecular flexibility index (Phi) is 4.87. The molecule has 1 aromatic rings. The highest BCUT2D eigenvalue weighted by atomic mass is 16.5. The summed E-state index contributed by atoms with van der Waals surface area (Å²) < 4.78 is 7.45. The number of hydrogen-bond acceptors (Lipinski definition) is 3. The molecule has 0 bridgehead atoms. The molecule has 0 spiro atoms. The molecule has 96 valence electrons. The van der Waals surface area contributed by atoms with E-state index in [1.54, 1.807) is 16.9 Å². The van der Waals surface area contributed by atoms with Gasteiger partial charge in [-0.1, -0.05) is 13.8 Å². The summed E-state index contributed by atoms with van der Waals surface area (Å²) >= 11 is 0. The third-order valence-corrected chi connectivity index (χ3v) is 3.23. The van der Waals surface area contributed by atoms with Crippen LogP contribution in [0.15, 0.2) is 12.3 Å². The van der Waals surface area contributed by atoms with Gasteiger partial charge in [0, 0.05) is 19.3 Å².